The number of ketones is 2. The minimum absolute atomic E-state index is 0.0298. The average molecular weight is 1070 g/mol. The van der Waals surface area contributed by atoms with Crippen LogP contribution in [0.15, 0.2) is 95.8 Å². The Labute approximate surface area is 463 Å². The summed E-state index contributed by atoms with van der Waals surface area (Å²) in [4.78, 5) is 59.3. The highest BCUT2D eigenvalue weighted by Gasteiger charge is 2.41. The summed E-state index contributed by atoms with van der Waals surface area (Å²) in [7, 11) is 0. The Morgan fingerprint density at radius 2 is 1.01 bits per heavy atom. The number of carboxylic acids is 1. The molecule has 0 radical (unpaired) electrons. The van der Waals surface area contributed by atoms with Crippen LogP contribution in [0.1, 0.15) is 185 Å². The van der Waals surface area contributed by atoms with Crippen molar-refractivity contribution in [3.8, 4) is 0 Å². The van der Waals surface area contributed by atoms with Gasteiger partial charge in [0.05, 0.1) is 27.5 Å². The molecule has 75 heavy (non-hydrogen) atoms. The molecule has 0 aromatic carbocycles. The monoisotopic (exact) mass is 1070 g/mol. The van der Waals surface area contributed by atoms with Crippen molar-refractivity contribution in [3.63, 3.8) is 0 Å². The average Bonchev–Trinajstić information content (AvgIpc) is 4.04. The molecule has 0 fully saturated rings. The van der Waals surface area contributed by atoms with Gasteiger partial charge in [-0.05, 0) is 119 Å². The van der Waals surface area contributed by atoms with Crippen molar-refractivity contribution in [2.75, 3.05) is 0 Å². The number of nitrogens with zero attached hydrogens (tertiary/aromatic N) is 2. The number of aryl methyl sites for hydroxylation is 2. The highest BCUT2D eigenvalue weighted by Crippen LogP contribution is 2.39. The quantitative estimate of drug-likeness (QED) is 0.0428. The minimum atomic E-state index is -0.848. The number of esters is 1. The largest absolute Gasteiger partial charge is 0.481 e. The van der Waals surface area contributed by atoms with E-state index in [1.54, 1.807) is 34.8 Å². The molecule has 2 aromatic rings. The lowest BCUT2D eigenvalue weighted by Crippen LogP contribution is -2.40. The number of hydrogen-bond acceptors (Lipinski definition) is 10. The zero-order chi connectivity index (χ0) is 58.0. The molecule has 0 aliphatic heterocycles. The van der Waals surface area contributed by atoms with E-state index in [2.05, 4.69) is 77.8 Å². The third-order valence-corrected chi connectivity index (χ3v) is 17.8. The van der Waals surface area contributed by atoms with Gasteiger partial charge in [0.25, 0.3) is 0 Å². The summed E-state index contributed by atoms with van der Waals surface area (Å²) in [6.45, 7) is 51.1. The number of aliphatic hydroxyl groups excluding tert-OH is 1. The van der Waals surface area contributed by atoms with Gasteiger partial charge >= 0.3 is 11.9 Å². The Morgan fingerprint density at radius 3 is 1.37 bits per heavy atom. The van der Waals surface area contributed by atoms with E-state index in [1.165, 1.54) is 0 Å². The number of rotatable bonds is 31. The van der Waals surface area contributed by atoms with Crippen molar-refractivity contribution in [2.24, 2.45) is 58.2 Å². The first-order valence-corrected chi connectivity index (χ1v) is 28.9. The number of hydrogen-bond donors (Lipinski definition) is 2. The lowest BCUT2D eigenvalue weighted by atomic mass is 9.67. The van der Waals surface area contributed by atoms with E-state index in [9.17, 15) is 24.3 Å². The first-order chi connectivity index (χ1) is 34.9. The molecule has 2 rings (SSSR count). The molecule has 0 bridgehead atoms. The molecule has 0 spiro atoms. The van der Waals surface area contributed by atoms with Gasteiger partial charge in [-0.1, -0.05) is 158 Å². The number of carbonyl (C=O) groups excluding carboxylic acids is 3. The number of ether oxygens (including phenoxy) is 1. The molecular weight excluding hydrogens is 973 g/mol. The maximum Gasteiger partial charge on any atom is 0.306 e. The number of carbonyl (C=O) groups is 4. The van der Waals surface area contributed by atoms with Crippen molar-refractivity contribution in [3.05, 3.63) is 117 Å². The number of Topliss-reactive ketones (excluding diaryl/α,β-unsaturated/α-hetero) is 2. The summed E-state index contributed by atoms with van der Waals surface area (Å²) in [6, 6.07) is 0. The van der Waals surface area contributed by atoms with Gasteiger partial charge in [-0.3, -0.25) is 19.2 Å². The third kappa shape index (κ3) is 24.5. The van der Waals surface area contributed by atoms with Gasteiger partial charge in [0.1, 0.15) is 17.7 Å². The van der Waals surface area contributed by atoms with Crippen LogP contribution >= 0.6 is 22.7 Å². The molecule has 0 unspecified atom stereocenters. The minimum Gasteiger partial charge on any atom is -0.481 e. The Morgan fingerprint density at radius 1 is 0.627 bits per heavy atom. The molecule has 10 atom stereocenters. The van der Waals surface area contributed by atoms with Gasteiger partial charge < -0.3 is 14.9 Å². The maximum absolute atomic E-state index is 13.5. The Hall–Kier alpha value is -4.58. The molecule has 0 saturated heterocycles. The number of aromatic nitrogens is 2. The molecule has 11 heteroatoms. The SMILES string of the molecule is C=C/C(C)=C\C[C@H](O)/C(C)=C/c1csc(CC)n1.C=CC[C@H](C)[C@H](C)[C@@H](C)C(=O)C(C)(C)[C@@H](C)CC(=O)O.C=CC[C@H](C)[C@H](C)[C@@H](C)C(=O)C(C)(C)[C@@H](C)CC(=O)O[C@@H](C/C=C(/C)C=C)/C(C)=C/c1csc(CC)n1. The number of thiazole rings is 2. The van der Waals surface area contributed by atoms with Crippen molar-refractivity contribution >= 4 is 58.3 Å². The first-order valence-electron chi connectivity index (χ1n) is 27.1. The standard InChI is InChI=1S/C32H49NO3S.C17H30O3.C15H21NOS/c1-12-15-22(5)25(8)26(9)31(35)32(10,11)24(7)19-30(34)36-28(17-16-21(4)13-2)23(6)18-27-20-37-29(14-3)33-27;1-8-9-11(2)13(4)14(5)16(20)17(6,7)12(3)10-15(18)19;1-5-11(3)7-8-14(17)12(4)9-13-10-18-15(6-2)16-13/h12-13,16,18,20,22,24-26,28H,1-2,14-15,17,19H2,3-11H3;8,11-14H,1,9-10H2,2-7H3,(H,18,19);5,7,9-10,14,17H,1,6,8H2,2-4H3/b21-16-,23-18+;;11-7-,12-9+/t22-,24-,25-,26+,28-;11-,12-,13-,14+;14-/m000/s1. The molecule has 0 saturated carbocycles. The predicted molar refractivity (Wildman–Crippen MR) is 321 cm³/mol. The fourth-order valence-corrected chi connectivity index (χ4v) is 9.74. The summed E-state index contributed by atoms with van der Waals surface area (Å²) in [5, 5.41) is 25.2. The summed E-state index contributed by atoms with van der Waals surface area (Å²) in [6.07, 6.45) is 19.5. The fourth-order valence-electron chi connectivity index (χ4n) is 8.34. The van der Waals surface area contributed by atoms with Gasteiger partial charge in [0.2, 0.25) is 0 Å². The predicted octanol–water partition coefficient (Wildman–Crippen LogP) is 16.8. The van der Waals surface area contributed by atoms with Crippen LogP contribution in [0.4, 0.5) is 0 Å². The van der Waals surface area contributed by atoms with Crippen LogP contribution in [-0.2, 0) is 36.8 Å². The number of carboxylic acid groups (broad SMARTS) is 1. The van der Waals surface area contributed by atoms with E-state index in [-0.39, 0.29) is 65.9 Å². The van der Waals surface area contributed by atoms with E-state index in [1.807, 2.05) is 130 Å². The lowest BCUT2D eigenvalue weighted by molar-refractivity contribution is -0.150. The summed E-state index contributed by atoms with van der Waals surface area (Å²) in [5.74, 6) is 0.00174. The van der Waals surface area contributed by atoms with E-state index in [0.717, 1.165) is 69.4 Å². The van der Waals surface area contributed by atoms with Gasteiger partial charge in [-0.2, -0.15) is 0 Å². The molecule has 0 aliphatic rings. The van der Waals surface area contributed by atoms with Gasteiger partial charge in [-0.15, -0.1) is 35.8 Å². The van der Waals surface area contributed by atoms with Crippen molar-refractivity contribution in [2.45, 2.75) is 188 Å². The first kappa shape index (κ1) is 70.4. The van der Waals surface area contributed by atoms with Crippen LogP contribution in [-0.4, -0.2) is 55.9 Å². The lowest BCUT2D eigenvalue weighted by Gasteiger charge is -2.35. The molecule has 0 aliphatic carbocycles. The second kappa shape index (κ2) is 35.0. The zero-order valence-corrected chi connectivity index (χ0v) is 51.3. The smallest absolute Gasteiger partial charge is 0.306 e. The molecule has 2 N–H and O–H groups in total. The van der Waals surface area contributed by atoms with Crippen LogP contribution in [0.3, 0.4) is 0 Å². The van der Waals surface area contributed by atoms with E-state index in [0.29, 0.717) is 24.7 Å². The van der Waals surface area contributed by atoms with Crippen LogP contribution < -0.4 is 0 Å². The van der Waals surface area contributed by atoms with E-state index < -0.39 is 29.0 Å². The van der Waals surface area contributed by atoms with Gasteiger partial charge in [-0.25, -0.2) is 9.97 Å². The van der Waals surface area contributed by atoms with Crippen molar-refractivity contribution in [1.29, 1.82) is 0 Å². The molecule has 420 valence electrons. The van der Waals surface area contributed by atoms with E-state index >= 15 is 0 Å². The number of aliphatic hydroxyl groups is 1. The third-order valence-electron chi connectivity index (χ3n) is 15.7. The Bertz CT molecular complexity index is 2270. The molecular formula is C64H100N2O7S2. The maximum atomic E-state index is 13.5. The number of allylic oxidation sites excluding steroid dienone is 6. The van der Waals surface area contributed by atoms with E-state index in [4.69, 9.17) is 9.84 Å². The van der Waals surface area contributed by atoms with Gasteiger partial charge in [0, 0.05) is 52.7 Å². The Balaban J connectivity index is 0.00000121. The van der Waals surface area contributed by atoms with Crippen molar-refractivity contribution in [1.82, 2.24) is 9.97 Å². The van der Waals surface area contributed by atoms with Crippen LogP contribution in [0.2, 0.25) is 0 Å². The molecule has 2 aromatic heterocycles. The fraction of sp³-hybridized carbons (Fsp3) is 0.594. The second-order valence-electron chi connectivity index (χ2n) is 22.2. The summed E-state index contributed by atoms with van der Waals surface area (Å²) < 4.78 is 6.00. The summed E-state index contributed by atoms with van der Waals surface area (Å²) in [5.41, 5.74) is 4.58. The molecule has 2 heterocycles. The molecule has 0 amide bonds. The van der Waals surface area contributed by atoms with Crippen LogP contribution in [0, 0.1) is 58.2 Å². The topological polar surface area (TPSA) is 144 Å². The Kier molecular flexibility index (Phi) is 32.8. The van der Waals surface area contributed by atoms with Crippen LogP contribution in [0.25, 0.3) is 12.2 Å². The zero-order valence-electron chi connectivity index (χ0n) is 49.7. The van der Waals surface area contributed by atoms with Gasteiger partial charge in [0.15, 0.2) is 0 Å². The number of aliphatic carboxylic acids is 1. The highest BCUT2D eigenvalue weighted by atomic mass is 32.1. The normalized spacial score (nSPS) is 16.6. The second-order valence-corrected chi connectivity index (χ2v) is 24.0. The van der Waals surface area contributed by atoms with Crippen molar-refractivity contribution < 1.29 is 34.1 Å². The van der Waals surface area contributed by atoms with Crippen LogP contribution in [0.5, 0.6) is 0 Å². The summed E-state index contributed by atoms with van der Waals surface area (Å²) >= 11 is 3.30. The molecule has 9 nitrogen and oxygen atoms in total. The highest BCUT2D eigenvalue weighted by molar-refractivity contribution is 7.10.